The lowest BCUT2D eigenvalue weighted by Crippen LogP contribution is -2.12. The first-order chi connectivity index (χ1) is 13.0. The molecule has 0 spiro atoms. The van der Waals surface area contributed by atoms with Gasteiger partial charge >= 0.3 is 0 Å². The van der Waals surface area contributed by atoms with Gasteiger partial charge in [0.15, 0.2) is 5.82 Å². The fraction of sp³-hybridized carbons (Fsp3) is 0.150. The molecule has 6 nitrogen and oxygen atoms in total. The summed E-state index contributed by atoms with van der Waals surface area (Å²) < 4.78 is 20.2. The zero-order chi connectivity index (χ0) is 19.0. The van der Waals surface area contributed by atoms with Crippen LogP contribution in [0, 0.1) is 12.7 Å². The average molecular weight is 364 g/mol. The van der Waals surface area contributed by atoms with Gasteiger partial charge in [0.05, 0.1) is 35.6 Å². The maximum Gasteiger partial charge on any atom is 0.258 e. The molecule has 7 heteroatoms. The van der Waals surface area contributed by atoms with E-state index in [1.54, 1.807) is 32.2 Å². The van der Waals surface area contributed by atoms with Crippen LogP contribution in [0.5, 0.6) is 5.75 Å². The molecule has 0 aliphatic rings. The zero-order valence-electron chi connectivity index (χ0n) is 14.9. The largest absolute Gasteiger partial charge is 0.497 e. The third-order valence-corrected chi connectivity index (χ3v) is 4.37. The quantitative estimate of drug-likeness (QED) is 0.604. The molecule has 2 aromatic carbocycles. The van der Waals surface area contributed by atoms with Crippen LogP contribution in [-0.4, -0.2) is 26.9 Å². The number of aryl methyl sites for hydroxylation is 1. The number of benzene rings is 2. The Morgan fingerprint density at radius 3 is 2.63 bits per heavy atom. The van der Waals surface area contributed by atoms with Crippen molar-refractivity contribution >= 4 is 10.9 Å². The Kier molecular flexibility index (Phi) is 4.19. The van der Waals surface area contributed by atoms with Gasteiger partial charge in [0.2, 0.25) is 0 Å². The van der Waals surface area contributed by atoms with E-state index >= 15 is 0 Å². The molecule has 2 aromatic heterocycles. The van der Waals surface area contributed by atoms with Crippen molar-refractivity contribution in [2.45, 2.75) is 13.3 Å². The molecular weight excluding hydrogens is 347 g/mol. The molecule has 0 saturated heterocycles. The molecule has 0 radical (unpaired) electrons. The van der Waals surface area contributed by atoms with E-state index in [0.29, 0.717) is 34.6 Å². The maximum absolute atomic E-state index is 13.5. The van der Waals surface area contributed by atoms with E-state index < -0.39 is 0 Å². The minimum Gasteiger partial charge on any atom is -0.497 e. The van der Waals surface area contributed by atoms with E-state index in [4.69, 9.17) is 4.74 Å². The summed E-state index contributed by atoms with van der Waals surface area (Å²) in [6.45, 7) is 1.62. The van der Waals surface area contributed by atoms with Gasteiger partial charge in [0, 0.05) is 12.5 Å². The van der Waals surface area contributed by atoms with Crippen LogP contribution in [0.25, 0.3) is 16.6 Å². The summed E-state index contributed by atoms with van der Waals surface area (Å²) in [5.74, 6) is 0.875. The Bertz CT molecular complexity index is 1160. The molecule has 0 fully saturated rings. The number of methoxy groups -OCH3 is 1. The minimum absolute atomic E-state index is 0.184. The van der Waals surface area contributed by atoms with Crippen molar-refractivity contribution in [1.29, 1.82) is 0 Å². The van der Waals surface area contributed by atoms with Crippen molar-refractivity contribution in [3.05, 3.63) is 81.9 Å². The third-order valence-electron chi connectivity index (χ3n) is 4.37. The van der Waals surface area contributed by atoms with Crippen LogP contribution >= 0.6 is 0 Å². The van der Waals surface area contributed by atoms with Crippen LogP contribution in [0.15, 0.2) is 53.5 Å². The number of H-pyrrole nitrogens is 1. The van der Waals surface area contributed by atoms with Gasteiger partial charge < -0.3 is 9.72 Å². The fourth-order valence-corrected chi connectivity index (χ4v) is 2.91. The fourth-order valence-electron chi connectivity index (χ4n) is 2.91. The van der Waals surface area contributed by atoms with Crippen molar-refractivity contribution in [3.63, 3.8) is 0 Å². The van der Waals surface area contributed by atoms with E-state index in [1.165, 1.54) is 10.9 Å². The monoisotopic (exact) mass is 364 g/mol. The Balaban J connectivity index is 1.62. The Morgan fingerprint density at radius 1 is 1.19 bits per heavy atom. The summed E-state index contributed by atoms with van der Waals surface area (Å²) in [7, 11) is 1.57. The smallest absolute Gasteiger partial charge is 0.258 e. The Morgan fingerprint density at radius 2 is 1.96 bits per heavy atom. The van der Waals surface area contributed by atoms with E-state index in [1.807, 2.05) is 24.3 Å². The van der Waals surface area contributed by atoms with Crippen molar-refractivity contribution in [2.24, 2.45) is 0 Å². The predicted molar refractivity (Wildman–Crippen MR) is 100.0 cm³/mol. The molecule has 4 rings (SSSR count). The van der Waals surface area contributed by atoms with Crippen molar-refractivity contribution in [1.82, 2.24) is 19.7 Å². The first-order valence-electron chi connectivity index (χ1n) is 8.41. The Hall–Kier alpha value is -3.48. The standard InChI is InChI=1S/C20H17FN4O2/c1-12-17(21)11-25(24-12)14-5-3-13(4-6-14)9-19-22-18-10-15(27-2)7-8-16(18)20(26)23-19/h3-8,10-11H,9H2,1-2H3,(H,22,23,26). The number of hydrogen-bond acceptors (Lipinski definition) is 4. The summed E-state index contributed by atoms with van der Waals surface area (Å²) in [5.41, 5.74) is 2.49. The van der Waals surface area contributed by atoms with Gasteiger partial charge in [-0.1, -0.05) is 12.1 Å². The van der Waals surface area contributed by atoms with Crippen molar-refractivity contribution in [2.75, 3.05) is 7.11 Å². The summed E-state index contributed by atoms with van der Waals surface area (Å²) in [6.07, 6.45) is 1.81. The second kappa shape index (κ2) is 6.68. The predicted octanol–water partition coefficient (Wildman–Crippen LogP) is 3.16. The van der Waals surface area contributed by atoms with Gasteiger partial charge in [0.1, 0.15) is 11.6 Å². The SMILES string of the molecule is COc1ccc2c(=O)[nH]c(Cc3ccc(-n4cc(F)c(C)n4)cc3)nc2c1. The van der Waals surface area contributed by atoms with Gasteiger partial charge in [-0.15, -0.1) is 0 Å². The van der Waals surface area contributed by atoms with Crippen LogP contribution in [0.2, 0.25) is 0 Å². The second-order valence-corrected chi connectivity index (χ2v) is 6.25. The molecule has 0 saturated carbocycles. The van der Waals surface area contributed by atoms with E-state index in [-0.39, 0.29) is 11.4 Å². The van der Waals surface area contributed by atoms with Gasteiger partial charge in [-0.25, -0.2) is 14.1 Å². The highest BCUT2D eigenvalue weighted by Gasteiger charge is 2.08. The second-order valence-electron chi connectivity index (χ2n) is 6.25. The molecule has 0 amide bonds. The topological polar surface area (TPSA) is 72.8 Å². The van der Waals surface area contributed by atoms with Gasteiger partial charge in [0.25, 0.3) is 5.56 Å². The normalized spacial score (nSPS) is 11.1. The summed E-state index contributed by atoms with van der Waals surface area (Å²) >= 11 is 0. The van der Waals surface area contributed by atoms with Gasteiger partial charge in [-0.3, -0.25) is 4.79 Å². The molecule has 0 aliphatic carbocycles. The first-order valence-corrected chi connectivity index (χ1v) is 8.41. The van der Waals surface area contributed by atoms with Gasteiger partial charge in [-0.2, -0.15) is 5.10 Å². The highest BCUT2D eigenvalue weighted by Crippen LogP contribution is 2.18. The number of rotatable bonds is 4. The third kappa shape index (κ3) is 3.31. The number of fused-ring (bicyclic) bond motifs is 1. The van der Waals surface area contributed by atoms with Crippen LogP contribution in [0.1, 0.15) is 17.1 Å². The number of nitrogens with one attached hydrogen (secondary N) is 1. The van der Waals surface area contributed by atoms with Crippen molar-refractivity contribution in [3.8, 4) is 11.4 Å². The number of aromatic nitrogens is 4. The number of aromatic amines is 1. The summed E-state index contributed by atoms with van der Waals surface area (Å²) in [5, 5.41) is 4.65. The molecule has 0 aliphatic heterocycles. The molecule has 1 N–H and O–H groups in total. The highest BCUT2D eigenvalue weighted by molar-refractivity contribution is 5.79. The van der Waals surface area contributed by atoms with Crippen LogP contribution in [-0.2, 0) is 6.42 Å². The number of nitrogens with zero attached hydrogens (tertiary/aromatic N) is 3. The molecule has 4 aromatic rings. The number of halogens is 1. The zero-order valence-corrected chi connectivity index (χ0v) is 14.9. The minimum atomic E-state index is -0.340. The van der Waals surface area contributed by atoms with Crippen LogP contribution in [0.3, 0.4) is 0 Å². The van der Waals surface area contributed by atoms with E-state index in [9.17, 15) is 9.18 Å². The maximum atomic E-state index is 13.5. The van der Waals surface area contributed by atoms with E-state index in [2.05, 4.69) is 15.1 Å². The highest BCUT2D eigenvalue weighted by atomic mass is 19.1. The molecule has 0 unspecified atom stereocenters. The molecule has 0 atom stereocenters. The van der Waals surface area contributed by atoms with Crippen LogP contribution < -0.4 is 10.3 Å². The molecular formula is C20H17FN4O2. The molecule has 0 bridgehead atoms. The number of ether oxygens (including phenoxy) is 1. The van der Waals surface area contributed by atoms with Crippen molar-refractivity contribution < 1.29 is 9.13 Å². The number of hydrogen-bond donors (Lipinski definition) is 1. The van der Waals surface area contributed by atoms with Crippen LogP contribution in [0.4, 0.5) is 4.39 Å². The summed E-state index contributed by atoms with van der Waals surface area (Å²) in [4.78, 5) is 19.6. The van der Waals surface area contributed by atoms with Gasteiger partial charge in [-0.05, 0) is 36.8 Å². The average Bonchev–Trinajstić information content (AvgIpc) is 3.00. The summed E-state index contributed by atoms with van der Waals surface area (Å²) in [6, 6.07) is 12.7. The molecule has 136 valence electrons. The molecule has 2 heterocycles. The first kappa shape index (κ1) is 17.0. The Labute approximate surface area is 154 Å². The van der Waals surface area contributed by atoms with E-state index in [0.717, 1.165) is 11.3 Å². The lowest BCUT2D eigenvalue weighted by atomic mass is 10.1. The lowest BCUT2D eigenvalue weighted by molar-refractivity contribution is 0.415. The lowest BCUT2D eigenvalue weighted by Gasteiger charge is -2.06. The molecule has 27 heavy (non-hydrogen) atoms.